The number of anilines is 1. The van der Waals surface area contributed by atoms with Crippen molar-refractivity contribution in [2.24, 2.45) is 0 Å². The van der Waals surface area contributed by atoms with Gasteiger partial charge in [0.05, 0.1) is 0 Å². The number of aryl methyl sites for hydroxylation is 3. The van der Waals surface area contributed by atoms with E-state index < -0.39 is 11.3 Å². The first-order chi connectivity index (χ1) is 18.3. The summed E-state index contributed by atoms with van der Waals surface area (Å²) in [5.74, 6) is 0.703. The summed E-state index contributed by atoms with van der Waals surface area (Å²) in [5, 5.41) is 1.68. The molecule has 0 aliphatic rings. The summed E-state index contributed by atoms with van der Waals surface area (Å²) in [6.07, 6.45) is 0. The number of fused-ring (bicyclic) bond motifs is 3. The molecule has 0 aliphatic heterocycles. The van der Waals surface area contributed by atoms with Crippen LogP contribution in [0.1, 0.15) is 30.5 Å². The summed E-state index contributed by atoms with van der Waals surface area (Å²) in [6, 6.07) is 15.0. The summed E-state index contributed by atoms with van der Waals surface area (Å²) >= 11 is 0. The first-order valence-electron chi connectivity index (χ1n) is 12.7. The highest BCUT2D eigenvalue weighted by Gasteiger charge is 2.22. The van der Waals surface area contributed by atoms with E-state index in [1.165, 1.54) is 0 Å². The van der Waals surface area contributed by atoms with E-state index in [9.17, 15) is 9.59 Å². The second kappa shape index (κ2) is 8.80. The summed E-state index contributed by atoms with van der Waals surface area (Å²) in [7, 11) is 0. The SMILES string of the molecule is CCN(CC)c1ccc2c(C)c(-c3cc4oc(-c5c(C)c6ccc(C)cc6oc5=O)cc4o3)c(=O)oc2c1. The van der Waals surface area contributed by atoms with Crippen molar-refractivity contribution in [3.8, 4) is 22.6 Å². The fourth-order valence-corrected chi connectivity index (χ4v) is 5.24. The molecule has 192 valence electrons. The molecule has 4 aromatic heterocycles. The lowest BCUT2D eigenvalue weighted by Gasteiger charge is -2.21. The molecule has 6 rings (SSSR count). The van der Waals surface area contributed by atoms with Gasteiger partial charge in [-0.05, 0) is 69.5 Å². The van der Waals surface area contributed by atoms with E-state index in [1.54, 1.807) is 12.1 Å². The van der Waals surface area contributed by atoms with Crippen LogP contribution in [0.5, 0.6) is 0 Å². The van der Waals surface area contributed by atoms with E-state index in [4.69, 9.17) is 17.7 Å². The van der Waals surface area contributed by atoms with Gasteiger partial charge in [-0.25, -0.2) is 9.59 Å². The third kappa shape index (κ3) is 3.65. The third-order valence-electron chi connectivity index (χ3n) is 7.30. The Morgan fingerprint density at radius 3 is 1.63 bits per heavy atom. The molecule has 0 fully saturated rings. The molecule has 2 aromatic carbocycles. The van der Waals surface area contributed by atoms with E-state index in [2.05, 4.69) is 18.7 Å². The molecule has 7 heteroatoms. The predicted molar refractivity (Wildman–Crippen MR) is 149 cm³/mol. The van der Waals surface area contributed by atoms with Gasteiger partial charge in [-0.2, -0.15) is 0 Å². The number of furan rings is 2. The zero-order chi connectivity index (χ0) is 26.7. The third-order valence-corrected chi connectivity index (χ3v) is 7.30. The Bertz CT molecular complexity index is 1950. The fourth-order valence-electron chi connectivity index (χ4n) is 5.24. The Morgan fingerprint density at radius 1 is 0.605 bits per heavy atom. The van der Waals surface area contributed by atoms with E-state index in [-0.39, 0.29) is 0 Å². The molecule has 0 N–H and O–H groups in total. The van der Waals surface area contributed by atoms with Crippen LogP contribution < -0.4 is 16.2 Å². The van der Waals surface area contributed by atoms with Crippen molar-refractivity contribution in [2.45, 2.75) is 34.6 Å². The molecule has 0 saturated carbocycles. The largest absolute Gasteiger partial charge is 0.452 e. The number of nitrogens with zero attached hydrogens (tertiary/aromatic N) is 1. The second-order valence-corrected chi connectivity index (χ2v) is 9.58. The predicted octanol–water partition coefficient (Wildman–Crippen LogP) is 7.34. The first kappa shape index (κ1) is 23.9. The Morgan fingerprint density at radius 2 is 1.11 bits per heavy atom. The van der Waals surface area contributed by atoms with Crippen molar-refractivity contribution in [3.05, 3.63) is 86.1 Å². The van der Waals surface area contributed by atoms with Crippen LogP contribution >= 0.6 is 0 Å². The Labute approximate surface area is 217 Å². The molecule has 6 aromatic rings. The lowest BCUT2D eigenvalue weighted by Crippen LogP contribution is -2.21. The second-order valence-electron chi connectivity index (χ2n) is 9.58. The van der Waals surface area contributed by atoms with Crippen molar-refractivity contribution in [1.29, 1.82) is 0 Å². The van der Waals surface area contributed by atoms with Crippen molar-refractivity contribution >= 4 is 38.8 Å². The molecule has 38 heavy (non-hydrogen) atoms. The first-order valence-corrected chi connectivity index (χ1v) is 12.7. The van der Waals surface area contributed by atoms with Gasteiger partial charge < -0.3 is 22.6 Å². The maximum Gasteiger partial charge on any atom is 0.347 e. The van der Waals surface area contributed by atoms with Gasteiger partial charge in [-0.1, -0.05) is 12.1 Å². The van der Waals surface area contributed by atoms with Gasteiger partial charge in [0.15, 0.2) is 11.2 Å². The number of hydrogen-bond donors (Lipinski definition) is 0. The molecular weight excluding hydrogens is 482 g/mol. The summed E-state index contributed by atoms with van der Waals surface area (Å²) in [4.78, 5) is 28.1. The molecule has 0 aliphatic carbocycles. The van der Waals surface area contributed by atoms with Crippen LogP contribution in [0.25, 0.3) is 55.8 Å². The highest BCUT2D eigenvalue weighted by Crippen LogP contribution is 2.37. The van der Waals surface area contributed by atoms with Crippen LogP contribution in [0, 0.1) is 20.8 Å². The molecule has 0 amide bonds. The molecule has 0 radical (unpaired) electrons. The normalized spacial score (nSPS) is 11.7. The standard InChI is InChI=1S/C31H27NO6/c1-6-32(7-2)19-9-11-21-18(5)29(31(34)38-23(21)13-19)27-15-25-24(36-27)14-26(35-25)28-17(4)20-10-8-16(3)12-22(20)37-30(28)33/h8-15H,6-7H2,1-5H3. The van der Waals surface area contributed by atoms with Crippen molar-refractivity contribution in [1.82, 2.24) is 0 Å². The number of hydrogen-bond acceptors (Lipinski definition) is 7. The molecular formula is C31H27NO6. The molecule has 0 bridgehead atoms. The molecule has 0 spiro atoms. The average molecular weight is 510 g/mol. The van der Waals surface area contributed by atoms with Crippen LogP contribution in [0.15, 0.2) is 75.8 Å². The van der Waals surface area contributed by atoms with E-state index in [0.717, 1.165) is 46.2 Å². The van der Waals surface area contributed by atoms with Crippen LogP contribution in [-0.4, -0.2) is 13.1 Å². The van der Waals surface area contributed by atoms with E-state index in [1.807, 2.05) is 57.2 Å². The van der Waals surface area contributed by atoms with Gasteiger partial charge in [-0.15, -0.1) is 0 Å². The molecule has 0 atom stereocenters. The highest BCUT2D eigenvalue weighted by molar-refractivity contribution is 5.91. The minimum atomic E-state index is -0.482. The maximum atomic E-state index is 13.1. The minimum Gasteiger partial charge on any atom is -0.452 e. The van der Waals surface area contributed by atoms with Gasteiger partial charge in [0, 0.05) is 47.7 Å². The van der Waals surface area contributed by atoms with Crippen molar-refractivity contribution < 1.29 is 17.7 Å². The average Bonchev–Trinajstić information content (AvgIpc) is 3.43. The lowest BCUT2D eigenvalue weighted by atomic mass is 10.0. The number of rotatable bonds is 5. The van der Waals surface area contributed by atoms with Crippen molar-refractivity contribution in [2.75, 3.05) is 18.0 Å². The van der Waals surface area contributed by atoms with E-state index >= 15 is 0 Å². The summed E-state index contributed by atoms with van der Waals surface area (Å²) in [5.41, 5.74) is 5.20. The molecule has 7 nitrogen and oxygen atoms in total. The van der Waals surface area contributed by atoms with Gasteiger partial charge >= 0.3 is 11.3 Å². The highest BCUT2D eigenvalue weighted by atomic mass is 16.4. The van der Waals surface area contributed by atoms with Crippen LogP contribution in [0.2, 0.25) is 0 Å². The van der Waals surface area contributed by atoms with Crippen LogP contribution in [0.3, 0.4) is 0 Å². The monoisotopic (exact) mass is 509 g/mol. The topological polar surface area (TPSA) is 89.9 Å². The Balaban J connectivity index is 1.44. The zero-order valence-corrected chi connectivity index (χ0v) is 21.9. The molecule has 0 saturated heterocycles. The molecule has 0 unspecified atom stereocenters. The van der Waals surface area contributed by atoms with Crippen molar-refractivity contribution in [3.63, 3.8) is 0 Å². The van der Waals surface area contributed by atoms with Gasteiger partial charge in [0.1, 0.15) is 33.8 Å². The Hall–Kier alpha value is -4.52. The minimum absolute atomic E-state index is 0.345. The summed E-state index contributed by atoms with van der Waals surface area (Å²) in [6.45, 7) is 11.6. The van der Waals surface area contributed by atoms with Gasteiger partial charge in [0.2, 0.25) is 0 Å². The van der Waals surface area contributed by atoms with Gasteiger partial charge in [0.25, 0.3) is 0 Å². The van der Waals surface area contributed by atoms with E-state index in [0.29, 0.717) is 45.0 Å². The smallest absolute Gasteiger partial charge is 0.347 e. The summed E-state index contributed by atoms with van der Waals surface area (Å²) < 4.78 is 23.4. The Kier molecular flexibility index (Phi) is 5.52. The molecule has 4 heterocycles. The quantitative estimate of drug-likeness (QED) is 0.225. The fraction of sp³-hybridized carbons (Fsp3) is 0.226. The zero-order valence-electron chi connectivity index (χ0n) is 21.9. The van der Waals surface area contributed by atoms with Crippen LogP contribution in [-0.2, 0) is 0 Å². The maximum absolute atomic E-state index is 13.1. The van der Waals surface area contributed by atoms with Gasteiger partial charge in [-0.3, -0.25) is 0 Å². The number of benzene rings is 2. The lowest BCUT2D eigenvalue weighted by molar-refractivity contribution is 0.554. The van der Waals surface area contributed by atoms with Crippen LogP contribution in [0.4, 0.5) is 5.69 Å².